The lowest BCUT2D eigenvalue weighted by molar-refractivity contribution is -0.126. The summed E-state index contributed by atoms with van der Waals surface area (Å²) >= 11 is 0. The van der Waals surface area contributed by atoms with Gasteiger partial charge in [0.25, 0.3) is 5.91 Å². The Balaban J connectivity index is 1.53. The van der Waals surface area contributed by atoms with Crippen molar-refractivity contribution in [3.8, 4) is 11.5 Å². The summed E-state index contributed by atoms with van der Waals surface area (Å²) in [4.78, 5) is 17.5. The third-order valence-electron chi connectivity index (χ3n) is 3.99. The molecule has 0 aliphatic carbocycles. The van der Waals surface area contributed by atoms with E-state index < -0.39 is 6.10 Å². The molecule has 1 N–H and O–H groups in total. The van der Waals surface area contributed by atoms with Gasteiger partial charge in [0, 0.05) is 11.8 Å². The number of nitrogens with one attached hydrogen (secondary N) is 1. The van der Waals surface area contributed by atoms with Gasteiger partial charge in [0.15, 0.2) is 11.5 Å². The van der Waals surface area contributed by atoms with Crippen molar-refractivity contribution >= 4 is 17.8 Å². The smallest absolute Gasteiger partial charge is 0.267 e. The molecule has 1 heterocycles. The highest BCUT2D eigenvalue weighted by Crippen LogP contribution is 2.32. The zero-order valence-electron chi connectivity index (χ0n) is 14.9. The number of nitrogens with zero attached hydrogens (tertiary/aromatic N) is 1. The van der Waals surface area contributed by atoms with Crippen molar-refractivity contribution in [2.24, 2.45) is 5.16 Å². The number of benzene rings is 2. The summed E-state index contributed by atoms with van der Waals surface area (Å²) in [6.07, 6.45) is 1.85. The molecule has 3 rings (SSSR count). The number of anilines is 1. The second-order valence-corrected chi connectivity index (χ2v) is 5.92. The second kappa shape index (κ2) is 8.38. The normalized spacial score (nSPS) is 14.1. The molecule has 26 heavy (non-hydrogen) atoms. The van der Waals surface area contributed by atoms with Gasteiger partial charge in [-0.25, -0.2) is 0 Å². The summed E-state index contributed by atoms with van der Waals surface area (Å²) in [5, 5.41) is 6.68. The van der Waals surface area contributed by atoms with E-state index in [1.54, 1.807) is 31.3 Å². The average molecular weight is 354 g/mol. The zero-order valence-corrected chi connectivity index (χ0v) is 14.9. The SMILES string of the molecule is CCc1ccc(/C=N\O[C@H](C)C(=O)Nc2ccc3c(c2)OCCO3)cc1. The largest absolute Gasteiger partial charge is 0.486 e. The van der Waals surface area contributed by atoms with E-state index in [2.05, 4.69) is 17.4 Å². The summed E-state index contributed by atoms with van der Waals surface area (Å²) in [5.74, 6) is 1.01. The average Bonchev–Trinajstić information content (AvgIpc) is 2.68. The van der Waals surface area contributed by atoms with E-state index >= 15 is 0 Å². The fourth-order valence-corrected chi connectivity index (χ4v) is 2.43. The van der Waals surface area contributed by atoms with E-state index in [0.29, 0.717) is 30.4 Å². The van der Waals surface area contributed by atoms with Crippen LogP contribution in [0.2, 0.25) is 0 Å². The van der Waals surface area contributed by atoms with Crippen molar-refractivity contribution < 1.29 is 19.1 Å². The first-order valence-electron chi connectivity index (χ1n) is 8.64. The van der Waals surface area contributed by atoms with Gasteiger partial charge in [-0.3, -0.25) is 4.79 Å². The van der Waals surface area contributed by atoms with Gasteiger partial charge in [0.1, 0.15) is 13.2 Å². The number of fused-ring (bicyclic) bond motifs is 1. The van der Waals surface area contributed by atoms with Crippen LogP contribution >= 0.6 is 0 Å². The Morgan fingerprint density at radius 2 is 1.92 bits per heavy atom. The quantitative estimate of drug-likeness (QED) is 0.638. The minimum Gasteiger partial charge on any atom is -0.486 e. The highest BCUT2D eigenvalue weighted by Gasteiger charge is 2.17. The Labute approximate surface area is 152 Å². The van der Waals surface area contributed by atoms with Gasteiger partial charge in [-0.05, 0) is 36.6 Å². The predicted octanol–water partition coefficient (Wildman–Crippen LogP) is 3.40. The van der Waals surface area contributed by atoms with Crippen LogP contribution in [0.15, 0.2) is 47.6 Å². The van der Waals surface area contributed by atoms with Gasteiger partial charge in [-0.15, -0.1) is 0 Å². The third-order valence-corrected chi connectivity index (χ3v) is 3.99. The molecule has 6 nitrogen and oxygen atoms in total. The van der Waals surface area contributed by atoms with Crippen LogP contribution in [-0.4, -0.2) is 31.4 Å². The molecule has 0 spiro atoms. The fraction of sp³-hybridized carbons (Fsp3) is 0.300. The molecular weight excluding hydrogens is 332 g/mol. The maximum absolute atomic E-state index is 12.2. The number of hydrogen-bond acceptors (Lipinski definition) is 5. The van der Waals surface area contributed by atoms with Gasteiger partial charge in [0.2, 0.25) is 6.10 Å². The molecule has 0 saturated heterocycles. The van der Waals surface area contributed by atoms with Crippen molar-refractivity contribution in [2.75, 3.05) is 18.5 Å². The lowest BCUT2D eigenvalue weighted by atomic mass is 10.1. The number of carbonyl (C=O) groups excluding carboxylic acids is 1. The molecular formula is C20H22N2O4. The lowest BCUT2D eigenvalue weighted by Crippen LogP contribution is -2.26. The maximum atomic E-state index is 12.2. The summed E-state index contributed by atoms with van der Waals surface area (Å²) < 4.78 is 11.0. The van der Waals surface area contributed by atoms with Crippen molar-refractivity contribution in [3.63, 3.8) is 0 Å². The number of ether oxygens (including phenoxy) is 2. The molecule has 0 unspecified atom stereocenters. The van der Waals surface area contributed by atoms with Crippen LogP contribution < -0.4 is 14.8 Å². The van der Waals surface area contributed by atoms with Crippen molar-refractivity contribution in [3.05, 3.63) is 53.6 Å². The molecule has 0 fully saturated rings. The number of rotatable bonds is 6. The number of oxime groups is 1. The van der Waals surface area contributed by atoms with Crippen molar-refractivity contribution in [1.29, 1.82) is 0 Å². The zero-order chi connectivity index (χ0) is 18.4. The third kappa shape index (κ3) is 4.53. The molecule has 1 amide bonds. The van der Waals surface area contributed by atoms with Gasteiger partial charge in [0.05, 0.1) is 6.21 Å². The number of amides is 1. The molecule has 0 radical (unpaired) electrons. The van der Waals surface area contributed by atoms with Crippen LogP contribution in [0.25, 0.3) is 0 Å². The molecule has 0 saturated carbocycles. The Bertz CT molecular complexity index is 787. The topological polar surface area (TPSA) is 69.2 Å². The second-order valence-electron chi connectivity index (χ2n) is 5.92. The maximum Gasteiger partial charge on any atom is 0.267 e. The van der Waals surface area contributed by atoms with Gasteiger partial charge in [-0.2, -0.15) is 0 Å². The molecule has 0 bridgehead atoms. The van der Waals surface area contributed by atoms with Crippen LogP contribution in [0, 0.1) is 0 Å². The monoisotopic (exact) mass is 354 g/mol. The van der Waals surface area contributed by atoms with E-state index in [-0.39, 0.29) is 5.91 Å². The van der Waals surface area contributed by atoms with E-state index in [9.17, 15) is 4.79 Å². The number of hydrogen-bond donors (Lipinski definition) is 1. The fourth-order valence-electron chi connectivity index (χ4n) is 2.43. The number of carbonyl (C=O) groups is 1. The number of aryl methyl sites for hydroxylation is 1. The molecule has 1 atom stereocenters. The Hall–Kier alpha value is -3.02. The minimum absolute atomic E-state index is 0.292. The standard InChI is InChI=1S/C20H22N2O4/c1-3-15-4-6-16(7-5-15)13-21-26-14(2)20(23)22-17-8-9-18-19(12-17)25-11-10-24-18/h4-9,12-14H,3,10-11H2,1-2H3,(H,22,23)/b21-13-/t14-/m1/s1. The highest BCUT2D eigenvalue weighted by atomic mass is 16.6. The first-order valence-corrected chi connectivity index (χ1v) is 8.64. The van der Waals surface area contributed by atoms with Gasteiger partial charge < -0.3 is 19.6 Å². The molecule has 6 heteroatoms. The minimum atomic E-state index is -0.727. The molecule has 1 aliphatic rings. The highest BCUT2D eigenvalue weighted by molar-refractivity contribution is 5.94. The summed E-state index contributed by atoms with van der Waals surface area (Å²) in [7, 11) is 0. The van der Waals surface area contributed by atoms with Crippen LogP contribution in [0.3, 0.4) is 0 Å². The predicted molar refractivity (Wildman–Crippen MR) is 100 cm³/mol. The van der Waals surface area contributed by atoms with Crippen LogP contribution in [0.4, 0.5) is 5.69 Å². The van der Waals surface area contributed by atoms with Gasteiger partial charge >= 0.3 is 0 Å². The Morgan fingerprint density at radius 3 is 2.65 bits per heavy atom. The Morgan fingerprint density at radius 1 is 1.19 bits per heavy atom. The first-order chi connectivity index (χ1) is 12.7. The van der Waals surface area contributed by atoms with Crippen LogP contribution in [0.1, 0.15) is 25.0 Å². The van der Waals surface area contributed by atoms with E-state index in [4.69, 9.17) is 14.3 Å². The van der Waals surface area contributed by atoms with Crippen molar-refractivity contribution in [1.82, 2.24) is 0 Å². The molecule has 0 aromatic heterocycles. The van der Waals surface area contributed by atoms with Crippen LogP contribution in [0.5, 0.6) is 11.5 Å². The van der Waals surface area contributed by atoms with Crippen molar-refractivity contribution in [2.45, 2.75) is 26.4 Å². The Kier molecular flexibility index (Phi) is 5.73. The first kappa shape index (κ1) is 17.8. The lowest BCUT2D eigenvalue weighted by Gasteiger charge is -2.19. The summed E-state index contributed by atoms with van der Waals surface area (Å²) in [5.41, 5.74) is 2.80. The molecule has 2 aromatic rings. The molecule has 2 aromatic carbocycles. The van der Waals surface area contributed by atoms with E-state index in [1.807, 2.05) is 24.3 Å². The molecule has 1 aliphatic heterocycles. The summed E-state index contributed by atoms with van der Waals surface area (Å²) in [6, 6.07) is 13.3. The van der Waals surface area contributed by atoms with Gasteiger partial charge in [-0.1, -0.05) is 36.3 Å². The van der Waals surface area contributed by atoms with E-state index in [1.165, 1.54) is 5.56 Å². The van der Waals surface area contributed by atoms with Crippen LogP contribution in [-0.2, 0) is 16.1 Å². The summed E-state index contributed by atoms with van der Waals surface area (Å²) in [6.45, 7) is 4.78. The molecule has 136 valence electrons. The van der Waals surface area contributed by atoms with E-state index in [0.717, 1.165) is 12.0 Å².